The van der Waals surface area contributed by atoms with Crippen LogP contribution in [0.5, 0.6) is 0 Å². The zero-order valence-electron chi connectivity index (χ0n) is 23.1. The first-order chi connectivity index (χ1) is 18.3. The predicted molar refractivity (Wildman–Crippen MR) is 148 cm³/mol. The summed E-state index contributed by atoms with van der Waals surface area (Å²) in [4.78, 5) is 12.7. The molecule has 38 heavy (non-hydrogen) atoms. The molecule has 0 aromatic heterocycles. The van der Waals surface area contributed by atoms with E-state index in [0.29, 0.717) is 6.42 Å². The second kappa shape index (κ2) is 19.5. The van der Waals surface area contributed by atoms with E-state index in [2.05, 4.69) is 25.0 Å². The summed E-state index contributed by atoms with van der Waals surface area (Å²) in [6.45, 7) is 2.23. The van der Waals surface area contributed by atoms with Crippen molar-refractivity contribution in [1.29, 1.82) is 0 Å². The fourth-order valence-electron chi connectivity index (χ4n) is 4.27. The van der Waals surface area contributed by atoms with Crippen molar-refractivity contribution in [3.05, 3.63) is 60.2 Å². The zero-order valence-corrected chi connectivity index (χ0v) is 23.1. The Morgan fingerprint density at radius 1 is 0.868 bits per heavy atom. The molecule has 6 heteroatoms. The average Bonchev–Trinajstić information content (AvgIpc) is 2.90. The van der Waals surface area contributed by atoms with Crippen LogP contribution >= 0.6 is 0 Å². The van der Waals surface area contributed by atoms with Gasteiger partial charge in [-0.25, -0.2) is 4.79 Å². The molecule has 0 spiro atoms. The molecular formula is C32H45F3O3. The van der Waals surface area contributed by atoms with Crippen LogP contribution in [0.1, 0.15) is 102 Å². The Morgan fingerprint density at radius 3 is 1.84 bits per heavy atom. The van der Waals surface area contributed by atoms with E-state index in [1.165, 1.54) is 94.5 Å². The van der Waals surface area contributed by atoms with Gasteiger partial charge in [0.1, 0.15) is 0 Å². The molecular weight excluding hydrogens is 489 g/mol. The maximum Gasteiger partial charge on any atom is 0.432 e. The van der Waals surface area contributed by atoms with E-state index in [4.69, 9.17) is 15.9 Å². The lowest BCUT2D eigenvalue weighted by Crippen LogP contribution is -2.52. The second-order valence-corrected chi connectivity index (χ2v) is 9.54. The van der Waals surface area contributed by atoms with E-state index in [1.807, 2.05) is 0 Å². The highest BCUT2D eigenvalue weighted by Crippen LogP contribution is 2.43. The lowest BCUT2D eigenvalue weighted by Gasteiger charge is -2.32. The average molecular weight is 535 g/mol. The molecule has 0 N–H and O–H groups in total. The van der Waals surface area contributed by atoms with E-state index in [9.17, 15) is 18.0 Å². The van der Waals surface area contributed by atoms with Crippen molar-refractivity contribution in [3.63, 3.8) is 0 Å². The molecule has 0 amide bonds. The summed E-state index contributed by atoms with van der Waals surface area (Å²) in [5.74, 6) is 0.640. The zero-order chi connectivity index (χ0) is 28.1. The third-order valence-electron chi connectivity index (χ3n) is 6.51. The summed E-state index contributed by atoms with van der Waals surface area (Å²) >= 11 is 0. The summed E-state index contributed by atoms with van der Waals surface area (Å²) in [5.41, 5.74) is -3.61. The normalized spacial score (nSPS) is 14.4. The van der Waals surface area contributed by atoms with Crippen LogP contribution in [0.15, 0.2) is 54.6 Å². The topological polar surface area (TPSA) is 35.5 Å². The molecule has 0 saturated heterocycles. The molecule has 3 nitrogen and oxygen atoms in total. The number of ether oxygens (including phenoxy) is 2. The number of carbonyl (C=O) groups is 1. The Labute approximate surface area is 227 Å². The molecule has 1 aromatic carbocycles. The first-order valence-corrected chi connectivity index (χ1v) is 14.0. The fraction of sp³-hybridized carbons (Fsp3) is 0.594. The Morgan fingerprint density at radius 2 is 1.37 bits per heavy atom. The number of hydrogen-bond donors (Lipinski definition) is 0. The highest BCUT2D eigenvalue weighted by molar-refractivity contribution is 5.83. The smallest absolute Gasteiger partial charge is 0.432 e. The number of terminal acetylenes is 1. The molecule has 0 saturated carbocycles. The van der Waals surface area contributed by atoms with Gasteiger partial charge in [-0.1, -0.05) is 113 Å². The first kappa shape index (κ1) is 33.5. The number of allylic oxidation sites excluding steroid dienone is 3. The number of carbonyl (C=O) groups excluding carboxylic acids is 1. The molecule has 212 valence electrons. The molecule has 0 aliphatic carbocycles. The minimum absolute atomic E-state index is 0.367. The molecule has 1 aromatic rings. The van der Waals surface area contributed by atoms with Crippen LogP contribution in [0.4, 0.5) is 13.2 Å². The van der Waals surface area contributed by atoms with Crippen molar-refractivity contribution >= 4 is 5.97 Å². The summed E-state index contributed by atoms with van der Waals surface area (Å²) in [5, 5.41) is 0. The van der Waals surface area contributed by atoms with Gasteiger partial charge in [-0.15, -0.1) is 6.42 Å². The number of methoxy groups -OCH3 is 1. The largest absolute Gasteiger partial charge is 0.442 e. The van der Waals surface area contributed by atoms with Gasteiger partial charge in [-0.05, 0) is 44.6 Å². The van der Waals surface area contributed by atoms with Crippen LogP contribution in [0.2, 0.25) is 0 Å². The predicted octanol–water partition coefficient (Wildman–Crippen LogP) is 9.23. The van der Waals surface area contributed by atoms with Crippen molar-refractivity contribution in [3.8, 4) is 12.3 Å². The molecule has 0 fully saturated rings. The van der Waals surface area contributed by atoms with Crippen LogP contribution in [0.25, 0.3) is 0 Å². The maximum atomic E-state index is 14.0. The van der Waals surface area contributed by atoms with Crippen molar-refractivity contribution in [2.45, 2.75) is 115 Å². The van der Waals surface area contributed by atoms with Crippen molar-refractivity contribution < 1.29 is 27.4 Å². The molecule has 0 aliphatic heterocycles. The quantitative estimate of drug-likeness (QED) is 0.0724. The third kappa shape index (κ3) is 11.9. The van der Waals surface area contributed by atoms with Gasteiger partial charge in [-0.2, -0.15) is 13.2 Å². The van der Waals surface area contributed by atoms with Gasteiger partial charge in [0.25, 0.3) is 5.60 Å². The van der Waals surface area contributed by atoms with Crippen LogP contribution < -0.4 is 0 Å². The molecule has 0 bridgehead atoms. The van der Waals surface area contributed by atoms with E-state index in [-0.39, 0.29) is 5.56 Å². The first-order valence-electron chi connectivity index (χ1n) is 14.0. The van der Waals surface area contributed by atoms with Crippen LogP contribution in [-0.4, -0.2) is 25.4 Å². The molecule has 0 aliphatic rings. The van der Waals surface area contributed by atoms with Crippen molar-refractivity contribution in [2.24, 2.45) is 0 Å². The molecule has 2 atom stereocenters. The lowest BCUT2D eigenvalue weighted by molar-refractivity contribution is -0.276. The highest BCUT2D eigenvalue weighted by atomic mass is 19.4. The Bertz CT molecular complexity index is 855. The van der Waals surface area contributed by atoms with E-state index in [0.717, 1.165) is 26.4 Å². The number of alkyl halides is 3. The van der Waals surface area contributed by atoms with Crippen molar-refractivity contribution in [2.75, 3.05) is 7.11 Å². The molecule has 1 rings (SSSR count). The van der Waals surface area contributed by atoms with E-state index in [1.54, 1.807) is 12.1 Å². The Balaban J connectivity index is 2.31. The summed E-state index contributed by atoms with van der Waals surface area (Å²) in [6, 6.07) is 6.69. The SMILES string of the molecule is C#C[C@H](/C=C/CCCCCCCCC/C=C\CCCCCC)OC(=O)[C@@](OC)(c1ccccc1)C(F)(F)F. The van der Waals surface area contributed by atoms with Gasteiger partial charge in [-0.3, -0.25) is 0 Å². The van der Waals surface area contributed by atoms with Gasteiger partial charge in [0, 0.05) is 12.7 Å². The summed E-state index contributed by atoms with van der Waals surface area (Å²) < 4.78 is 51.8. The number of halogens is 3. The minimum atomic E-state index is -5.03. The number of hydrogen-bond acceptors (Lipinski definition) is 3. The lowest BCUT2D eigenvalue weighted by atomic mass is 9.92. The van der Waals surface area contributed by atoms with Crippen LogP contribution in [0, 0.1) is 12.3 Å². The Hall–Kier alpha value is -2.52. The van der Waals surface area contributed by atoms with Gasteiger partial charge in [0.05, 0.1) is 0 Å². The maximum absolute atomic E-state index is 14.0. The fourth-order valence-corrected chi connectivity index (χ4v) is 4.27. The number of esters is 1. The number of benzene rings is 1. The Kier molecular flexibility index (Phi) is 17.2. The van der Waals surface area contributed by atoms with Crippen molar-refractivity contribution in [1.82, 2.24) is 0 Å². The van der Waals surface area contributed by atoms with E-state index < -0.39 is 23.9 Å². The summed E-state index contributed by atoms with van der Waals surface area (Å²) in [7, 11) is 0.829. The minimum Gasteiger partial charge on any atom is -0.442 e. The van der Waals surface area contributed by atoms with Gasteiger partial charge >= 0.3 is 12.1 Å². The molecule has 0 heterocycles. The second-order valence-electron chi connectivity index (χ2n) is 9.54. The third-order valence-corrected chi connectivity index (χ3v) is 6.51. The highest BCUT2D eigenvalue weighted by Gasteiger charge is 2.64. The van der Waals surface area contributed by atoms with Gasteiger partial charge in [0.15, 0.2) is 6.10 Å². The molecule has 0 radical (unpaired) electrons. The number of unbranched alkanes of at least 4 members (excludes halogenated alkanes) is 12. The molecule has 0 unspecified atom stereocenters. The summed E-state index contributed by atoms with van der Waals surface area (Å²) in [6.07, 6.45) is 23.4. The van der Waals surface area contributed by atoms with Crippen LogP contribution in [0.3, 0.4) is 0 Å². The van der Waals surface area contributed by atoms with Crippen LogP contribution in [-0.2, 0) is 19.9 Å². The number of rotatable bonds is 20. The van der Waals surface area contributed by atoms with Gasteiger partial charge < -0.3 is 9.47 Å². The van der Waals surface area contributed by atoms with E-state index >= 15 is 0 Å². The monoisotopic (exact) mass is 534 g/mol. The van der Waals surface area contributed by atoms with Gasteiger partial charge in [0.2, 0.25) is 0 Å². The standard InChI is InChI=1S/C32H45F3O3/c1-4-6-7-8-9-10-11-12-13-14-15-16-17-18-19-20-24-27-29(5-2)38-30(36)31(37-3,32(33,34)35)28-25-22-21-23-26-28/h2,10-11,21-27,29H,4,6-9,12-20H2,1,3H3/b11-10-,27-24+/t29-,31+/m1/s1.